The summed E-state index contributed by atoms with van der Waals surface area (Å²) in [6, 6.07) is 20.8. The molecule has 7 heteroatoms. The zero-order chi connectivity index (χ0) is 19.7. The number of fused-ring (bicyclic) bond motifs is 2. The molecule has 3 aromatic rings. The molecule has 1 N–H and O–H groups in total. The van der Waals surface area contributed by atoms with Crippen LogP contribution in [0.15, 0.2) is 66.7 Å². The number of ether oxygens (including phenoxy) is 1. The first-order valence-corrected chi connectivity index (χ1v) is 10.8. The fourth-order valence-electron chi connectivity index (χ4n) is 3.30. The lowest BCUT2D eigenvalue weighted by atomic mass is 10.1. The predicted octanol–water partition coefficient (Wildman–Crippen LogP) is 2.68. The third-order valence-corrected chi connectivity index (χ3v) is 5.85. The molecule has 1 heterocycles. The minimum atomic E-state index is -3.52. The standard InChI is InChI=1S/C21H20N2O4S/c1-28(25,26)23-14-20(27-19-9-5-4-8-18(19)23)21(24)22-13-15-10-11-16-6-2-3-7-17(16)12-15/h2-12,20H,13-14H2,1H3,(H,22,24)/t20-/m1/s1. The highest BCUT2D eigenvalue weighted by Crippen LogP contribution is 2.34. The van der Waals surface area contributed by atoms with Crippen LogP contribution in [0.1, 0.15) is 5.56 Å². The Balaban J connectivity index is 1.50. The van der Waals surface area contributed by atoms with Crippen LogP contribution >= 0.6 is 0 Å². The summed E-state index contributed by atoms with van der Waals surface area (Å²) in [6.07, 6.45) is 0.212. The van der Waals surface area contributed by atoms with Crippen LogP contribution < -0.4 is 14.4 Å². The zero-order valence-corrected chi connectivity index (χ0v) is 16.1. The first kappa shape index (κ1) is 18.3. The van der Waals surface area contributed by atoms with Gasteiger partial charge < -0.3 is 10.1 Å². The Kier molecular flexibility index (Phi) is 4.68. The summed E-state index contributed by atoms with van der Waals surface area (Å²) in [6.45, 7) is 0.281. The van der Waals surface area contributed by atoms with Gasteiger partial charge in [-0.2, -0.15) is 0 Å². The van der Waals surface area contributed by atoms with E-state index < -0.39 is 16.1 Å². The SMILES string of the molecule is CS(=O)(=O)N1C[C@H](C(=O)NCc2ccc3ccccc3c2)Oc2ccccc21. The van der Waals surface area contributed by atoms with Crippen molar-refractivity contribution >= 4 is 32.4 Å². The number of nitrogens with one attached hydrogen (secondary N) is 1. The Hall–Kier alpha value is -3.06. The molecule has 1 atom stereocenters. The van der Waals surface area contributed by atoms with Gasteiger partial charge >= 0.3 is 0 Å². The van der Waals surface area contributed by atoms with Crippen LogP contribution in [0.2, 0.25) is 0 Å². The van der Waals surface area contributed by atoms with Crippen molar-refractivity contribution in [2.45, 2.75) is 12.6 Å². The predicted molar refractivity (Wildman–Crippen MR) is 109 cm³/mol. The molecular weight excluding hydrogens is 376 g/mol. The number of benzene rings is 3. The minimum Gasteiger partial charge on any atom is -0.476 e. The van der Waals surface area contributed by atoms with Gasteiger partial charge in [-0.3, -0.25) is 9.10 Å². The maximum Gasteiger partial charge on any atom is 0.263 e. The summed E-state index contributed by atoms with van der Waals surface area (Å²) < 4.78 is 31.3. The van der Waals surface area contributed by atoms with Gasteiger partial charge in [0.2, 0.25) is 10.0 Å². The third-order valence-electron chi connectivity index (χ3n) is 4.71. The molecule has 3 aromatic carbocycles. The Labute approximate surface area is 163 Å². The topological polar surface area (TPSA) is 75.7 Å². The summed E-state index contributed by atoms with van der Waals surface area (Å²) in [5.74, 6) is 0.0290. The van der Waals surface area contributed by atoms with Crippen LogP contribution in [0, 0.1) is 0 Å². The molecule has 1 aliphatic rings. The van der Waals surface area contributed by atoms with Gasteiger partial charge in [-0.05, 0) is 34.5 Å². The van der Waals surface area contributed by atoms with Crippen molar-refractivity contribution in [1.29, 1.82) is 0 Å². The normalized spacial score (nSPS) is 16.3. The zero-order valence-electron chi connectivity index (χ0n) is 15.3. The first-order valence-electron chi connectivity index (χ1n) is 8.90. The van der Waals surface area contributed by atoms with E-state index in [1.54, 1.807) is 24.3 Å². The van der Waals surface area contributed by atoms with Crippen LogP contribution in [-0.4, -0.2) is 33.2 Å². The maximum absolute atomic E-state index is 12.7. The number of carbonyl (C=O) groups is 1. The van der Waals surface area contributed by atoms with Gasteiger partial charge in [0.25, 0.3) is 5.91 Å². The highest BCUT2D eigenvalue weighted by atomic mass is 32.2. The Bertz CT molecular complexity index is 1140. The van der Waals surface area contributed by atoms with Gasteiger partial charge in [0, 0.05) is 6.54 Å². The van der Waals surface area contributed by atoms with Gasteiger partial charge in [0.05, 0.1) is 18.5 Å². The highest BCUT2D eigenvalue weighted by molar-refractivity contribution is 7.92. The van der Waals surface area contributed by atoms with E-state index in [1.807, 2.05) is 42.5 Å². The van der Waals surface area contributed by atoms with Crippen LogP contribution in [0.4, 0.5) is 5.69 Å². The van der Waals surface area contributed by atoms with Crippen molar-refractivity contribution in [2.24, 2.45) is 0 Å². The Morgan fingerprint density at radius 2 is 1.79 bits per heavy atom. The molecule has 0 saturated carbocycles. The fourth-order valence-corrected chi connectivity index (χ4v) is 4.22. The second-order valence-electron chi connectivity index (χ2n) is 6.77. The number of carbonyl (C=O) groups excluding carboxylic acids is 1. The van der Waals surface area contributed by atoms with E-state index in [4.69, 9.17) is 4.74 Å². The van der Waals surface area contributed by atoms with Crippen LogP contribution in [0.25, 0.3) is 10.8 Å². The molecule has 0 bridgehead atoms. The van der Waals surface area contributed by atoms with Crippen LogP contribution in [-0.2, 0) is 21.4 Å². The van der Waals surface area contributed by atoms with Crippen molar-refractivity contribution in [3.8, 4) is 5.75 Å². The molecular formula is C21H20N2O4S. The number of sulfonamides is 1. The van der Waals surface area contributed by atoms with E-state index in [0.717, 1.165) is 22.6 Å². The van der Waals surface area contributed by atoms with Crippen molar-refractivity contribution in [2.75, 3.05) is 17.1 Å². The van der Waals surface area contributed by atoms with E-state index in [-0.39, 0.29) is 12.5 Å². The Morgan fingerprint density at radius 3 is 2.57 bits per heavy atom. The molecule has 0 radical (unpaired) electrons. The van der Waals surface area contributed by atoms with Gasteiger partial charge in [-0.25, -0.2) is 8.42 Å². The lowest BCUT2D eigenvalue weighted by molar-refractivity contribution is -0.127. The molecule has 28 heavy (non-hydrogen) atoms. The summed E-state index contributed by atoms with van der Waals surface area (Å²) in [5, 5.41) is 5.08. The number of amides is 1. The number of hydrogen-bond acceptors (Lipinski definition) is 4. The first-order chi connectivity index (χ1) is 13.4. The maximum atomic E-state index is 12.7. The molecule has 4 rings (SSSR count). The average molecular weight is 396 g/mol. The average Bonchev–Trinajstić information content (AvgIpc) is 2.70. The third kappa shape index (κ3) is 3.66. The van der Waals surface area contributed by atoms with Gasteiger partial charge in [0.15, 0.2) is 6.10 Å². The number of anilines is 1. The molecule has 0 aromatic heterocycles. The fraction of sp³-hybridized carbons (Fsp3) is 0.190. The van der Waals surface area contributed by atoms with E-state index in [9.17, 15) is 13.2 Å². The molecule has 1 aliphatic heterocycles. The number of para-hydroxylation sites is 2. The summed E-state index contributed by atoms with van der Waals surface area (Å²) in [7, 11) is -3.52. The number of rotatable bonds is 4. The highest BCUT2D eigenvalue weighted by Gasteiger charge is 2.34. The van der Waals surface area contributed by atoms with Crippen LogP contribution in [0.5, 0.6) is 5.75 Å². The molecule has 0 spiro atoms. The molecule has 6 nitrogen and oxygen atoms in total. The van der Waals surface area contributed by atoms with E-state index in [2.05, 4.69) is 5.32 Å². The summed E-state index contributed by atoms with van der Waals surface area (Å²) in [4.78, 5) is 12.7. The minimum absolute atomic E-state index is 0.0562. The molecule has 0 unspecified atom stereocenters. The lowest BCUT2D eigenvalue weighted by Gasteiger charge is -2.33. The van der Waals surface area contributed by atoms with Crippen molar-refractivity contribution < 1.29 is 17.9 Å². The lowest BCUT2D eigenvalue weighted by Crippen LogP contribution is -2.50. The van der Waals surface area contributed by atoms with Gasteiger partial charge in [-0.1, -0.05) is 48.5 Å². The van der Waals surface area contributed by atoms with E-state index in [1.165, 1.54) is 4.31 Å². The van der Waals surface area contributed by atoms with Gasteiger partial charge in [0.1, 0.15) is 5.75 Å². The van der Waals surface area contributed by atoms with Crippen molar-refractivity contribution in [1.82, 2.24) is 5.32 Å². The molecule has 0 saturated heterocycles. The molecule has 0 aliphatic carbocycles. The number of hydrogen-bond donors (Lipinski definition) is 1. The quantitative estimate of drug-likeness (QED) is 0.736. The second kappa shape index (κ2) is 7.16. The van der Waals surface area contributed by atoms with Crippen molar-refractivity contribution in [3.05, 3.63) is 72.3 Å². The van der Waals surface area contributed by atoms with Crippen molar-refractivity contribution in [3.63, 3.8) is 0 Å². The molecule has 144 valence electrons. The molecule has 0 fully saturated rings. The summed E-state index contributed by atoms with van der Waals surface area (Å²) in [5.41, 5.74) is 1.41. The smallest absolute Gasteiger partial charge is 0.263 e. The van der Waals surface area contributed by atoms with Gasteiger partial charge in [-0.15, -0.1) is 0 Å². The second-order valence-corrected chi connectivity index (χ2v) is 8.67. The monoisotopic (exact) mass is 396 g/mol. The number of nitrogens with zero attached hydrogens (tertiary/aromatic N) is 1. The van der Waals surface area contributed by atoms with Crippen LogP contribution in [0.3, 0.4) is 0 Å². The van der Waals surface area contributed by atoms with E-state index in [0.29, 0.717) is 18.0 Å². The molecule has 1 amide bonds. The largest absolute Gasteiger partial charge is 0.476 e. The Morgan fingerprint density at radius 1 is 1.07 bits per heavy atom. The summed E-state index contributed by atoms with van der Waals surface area (Å²) >= 11 is 0. The van der Waals surface area contributed by atoms with E-state index >= 15 is 0 Å².